The number of esters is 1. The van der Waals surface area contributed by atoms with Crippen LogP contribution in [0.4, 0.5) is 5.69 Å². The van der Waals surface area contributed by atoms with Crippen LogP contribution in [0, 0.1) is 0 Å². The molecule has 0 radical (unpaired) electrons. The van der Waals surface area contributed by atoms with Crippen molar-refractivity contribution in [2.24, 2.45) is 0 Å². The summed E-state index contributed by atoms with van der Waals surface area (Å²) < 4.78 is 5.06. The van der Waals surface area contributed by atoms with E-state index in [1.807, 2.05) is 0 Å². The number of rotatable bonds is 6. The minimum Gasteiger partial charge on any atom is -0.452 e. The van der Waals surface area contributed by atoms with Crippen molar-refractivity contribution in [3.8, 4) is 0 Å². The van der Waals surface area contributed by atoms with Gasteiger partial charge < -0.3 is 15.0 Å². The van der Waals surface area contributed by atoms with E-state index in [1.54, 1.807) is 29.2 Å². The van der Waals surface area contributed by atoms with Crippen LogP contribution in [0.25, 0.3) is 0 Å². The number of hydrogen-bond donors (Lipinski definition) is 1. The highest BCUT2D eigenvalue weighted by atomic mass is 16.5. The van der Waals surface area contributed by atoms with Crippen LogP contribution in [0.15, 0.2) is 42.5 Å². The Kier molecular flexibility index (Phi) is 5.72. The summed E-state index contributed by atoms with van der Waals surface area (Å²) in [7, 11) is 1.39. The number of hydrogen-bond acceptors (Lipinski definition) is 6. The zero-order valence-corrected chi connectivity index (χ0v) is 17.4. The number of ether oxygens (including phenoxy) is 1. The van der Waals surface area contributed by atoms with Gasteiger partial charge in [0.05, 0.1) is 16.7 Å². The van der Waals surface area contributed by atoms with Gasteiger partial charge in [-0.1, -0.05) is 12.1 Å². The molecule has 2 heterocycles. The maximum absolute atomic E-state index is 12.2. The molecule has 9 nitrogen and oxygen atoms in total. The fourth-order valence-corrected chi connectivity index (χ4v) is 3.69. The summed E-state index contributed by atoms with van der Waals surface area (Å²) in [6.45, 7) is 0.733. The maximum Gasteiger partial charge on any atom is 0.338 e. The third-order valence-electron chi connectivity index (χ3n) is 5.44. The number of carbonyl (C=O) groups excluding carboxylic acids is 5. The molecule has 0 bridgehead atoms. The van der Waals surface area contributed by atoms with Crippen LogP contribution in [0.2, 0.25) is 0 Å². The lowest BCUT2D eigenvalue weighted by Gasteiger charge is -2.15. The SMILES string of the molecule is CN1C(=O)c2ccc(NC(=O)COC(=O)c3ccc(CN4CCCC4=O)cc3)cc2C1=O. The number of fused-ring (bicyclic) bond motifs is 1. The van der Waals surface area contributed by atoms with Gasteiger partial charge in [0.1, 0.15) is 0 Å². The summed E-state index contributed by atoms with van der Waals surface area (Å²) in [4.78, 5) is 62.8. The first-order valence-electron chi connectivity index (χ1n) is 10.1. The van der Waals surface area contributed by atoms with E-state index in [2.05, 4.69) is 5.32 Å². The molecule has 2 aliphatic heterocycles. The minimum absolute atomic E-state index is 0.130. The first-order valence-corrected chi connectivity index (χ1v) is 10.1. The van der Waals surface area contributed by atoms with Gasteiger partial charge in [0.15, 0.2) is 6.61 Å². The van der Waals surface area contributed by atoms with Crippen LogP contribution in [-0.4, -0.2) is 59.6 Å². The molecule has 4 amide bonds. The quantitative estimate of drug-likeness (QED) is 0.547. The standard InChI is InChI=1S/C23H21N3O6/c1-25-21(29)17-9-8-16(11-18(17)22(25)30)24-19(27)13-32-23(31)15-6-4-14(5-7-15)12-26-10-2-3-20(26)28/h4-9,11H,2-3,10,12-13H2,1H3,(H,24,27). The Morgan fingerprint density at radius 2 is 1.72 bits per heavy atom. The van der Waals surface area contributed by atoms with E-state index in [4.69, 9.17) is 4.74 Å². The zero-order valence-electron chi connectivity index (χ0n) is 17.4. The number of nitrogens with zero attached hydrogens (tertiary/aromatic N) is 2. The van der Waals surface area contributed by atoms with Gasteiger partial charge in [-0.05, 0) is 42.3 Å². The Balaban J connectivity index is 1.30. The van der Waals surface area contributed by atoms with Gasteiger partial charge in [-0.25, -0.2) is 4.79 Å². The molecule has 9 heteroatoms. The van der Waals surface area contributed by atoms with Gasteiger partial charge in [-0.15, -0.1) is 0 Å². The lowest BCUT2D eigenvalue weighted by atomic mass is 10.1. The van der Waals surface area contributed by atoms with Crippen molar-refractivity contribution < 1.29 is 28.7 Å². The van der Waals surface area contributed by atoms with E-state index < -0.39 is 30.3 Å². The van der Waals surface area contributed by atoms with E-state index in [1.165, 1.54) is 25.2 Å². The van der Waals surface area contributed by atoms with Gasteiger partial charge in [0.25, 0.3) is 17.7 Å². The highest BCUT2D eigenvalue weighted by Crippen LogP contribution is 2.24. The number of anilines is 1. The summed E-state index contributed by atoms with van der Waals surface area (Å²) in [5.41, 5.74) is 2.01. The zero-order chi connectivity index (χ0) is 22.8. The Morgan fingerprint density at radius 3 is 2.41 bits per heavy atom. The molecule has 4 rings (SSSR count). The third-order valence-corrected chi connectivity index (χ3v) is 5.44. The molecule has 1 N–H and O–H groups in total. The highest BCUT2D eigenvalue weighted by molar-refractivity contribution is 6.21. The van der Waals surface area contributed by atoms with E-state index in [9.17, 15) is 24.0 Å². The maximum atomic E-state index is 12.2. The second-order valence-electron chi connectivity index (χ2n) is 7.67. The molecule has 0 atom stereocenters. The number of nitrogens with one attached hydrogen (secondary N) is 1. The van der Waals surface area contributed by atoms with E-state index in [0.29, 0.717) is 24.2 Å². The Labute approximate surface area is 183 Å². The van der Waals surface area contributed by atoms with Crippen molar-refractivity contribution in [3.63, 3.8) is 0 Å². The molecule has 2 aromatic rings. The smallest absolute Gasteiger partial charge is 0.338 e. The van der Waals surface area contributed by atoms with Crippen LogP contribution in [0.3, 0.4) is 0 Å². The molecule has 2 aliphatic rings. The number of amides is 4. The molecule has 2 aromatic carbocycles. The lowest BCUT2D eigenvalue weighted by molar-refractivity contribution is -0.128. The van der Waals surface area contributed by atoms with Crippen LogP contribution in [0.1, 0.15) is 49.5 Å². The topological polar surface area (TPSA) is 113 Å². The van der Waals surface area contributed by atoms with Gasteiger partial charge >= 0.3 is 5.97 Å². The fraction of sp³-hybridized carbons (Fsp3) is 0.261. The predicted molar refractivity (Wildman–Crippen MR) is 113 cm³/mol. The average molecular weight is 435 g/mol. The Hall–Kier alpha value is -4.01. The summed E-state index contributed by atoms with van der Waals surface area (Å²) in [5.74, 6) is -1.93. The van der Waals surface area contributed by atoms with E-state index in [0.717, 1.165) is 23.4 Å². The predicted octanol–water partition coefficient (Wildman–Crippen LogP) is 1.83. The molecule has 0 aromatic heterocycles. The van der Waals surface area contributed by atoms with Crippen molar-refractivity contribution in [1.29, 1.82) is 0 Å². The largest absolute Gasteiger partial charge is 0.452 e. The number of imide groups is 1. The van der Waals surface area contributed by atoms with Crippen molar-refractivity contribution in [2.75, 3.05) is 25.5 Å². The summed E-state index contributed by atoms with van der Waals surface area (Å²) in [5, 5.41) is 2.55. The molecule has 0 unspecified atom stereocenters. The Bertz CT molecular complexity index is 1130. The first kappa shape index (κ1) is 21.2. The van der Waals surface area contributed by atoms with Gasteiger partial charge in [-0.3, -0.25) is 24.1 Å². The van der Waals surface area contributed by atoms with Crippen molar-refractivity contribution in [1.82, 2.24) is 9.80 Å². The third kappa shape index (κ3) is 4.22. The minimum atomic E-state index is -0.652. The molecule has 0 aliphatic carbocycles. The van der Waals surface area contributed by atoms with Crippen molar-refractivity contribution in [3.05, 3.63) is 64.7 Å². The summed E-state index contributed by atoms with van der Waals surface area (Å²) >= 11 is 0. The summed E-state index contributed by atoms with van der Waals surface area (Å²) in [6, 6.07) is 11.1. The molecule has 1 fully saturated rings. The van der Waals surface area contributed by atoms with E-state index in [-0.39, 0.29) is 17.0 Å². The normalized spacial score (nSPS) is 15.2. The molecule has 0 saturated carbocycles. The molecular formula is C23H21N3O6. The second kappa shape index (κ2) is 8.62. The fourth-order valence-electron chi connectivity index (χ4n) is 3.69. The number of benzene rings is 2. The van der Waals surface area contributed by atoms with E-state index >= 15 is 0 Å². The number of likely N-dealkylation sites (tertiary alicyclic amines) is 1. The average Bonchev–Trinajstić information content (AvgIpc) is 3.28. The molecule has 32 heavy (non-hydrogen) atoms. The van der Waals surface area contributed by atoms with Crippen LogP contribution < -0.4 is 5.32 Å². The molecule has 0 spiro atoms. The highest BCUT2D eigenvalue weighted by Gasteiger charge is 2.32. The first-order chi connectivity index (χ1) is 15.3. The summed E-state index contributed by atoms with van der Waals surface area (Å²) in [6.07, 6.45) is 1.44. The van der Waals surface area contributed by atoms with Crippen LogP contribution >= 0.6 is 0 Å². The number of carbonyl (C=O) groups is 5. The monoisotopic (exact) mass is 435 g/mol. The van der Waals surface area contributed by atoms with Crippen LogP contribution in [-0.2, 0) is 20.9 Å². The van der Waals surface area contributed by atoms with Gasteiger partial charge in [-0.2, -0.15) is 0 Å². The molecule has 164 valence electrons. The molecule has 1 saturated heterocycles. The lowest BCUT2D eigenvalue weighted by Crippen LogP contribution is -2.24. The molecular weight excluding hydrogens is 414 g/mol. The van der Waals surface area contributed by atoms with Crippen molar-refractivity contribution in [2.45, 2.75) is 19.4 Å². The van der Waals surface area contributed by atoms with Gasteiger partial charge in [0, 0.05) is 32.2 Å². The Morgan fingerprint density at radius 1 is 1.00 bits per heavy atom. The van der Waals surface area contributed by atoms with Crippen LogP contribution in [0.5, 0.6) is 0 Å². The van der Waals surface area contributed by atoms with Crippen molar-refractivity contribution >= 4 is 35.3 Å². The second-order valence-corrected chi connectivity index (χ2v) is 7.67. The van der Waals surface area contributed by atoms with Gasteiger partial charge in [0.2, 0.25) is 5.91 Å².